The molecule has 0 saturated heterocycles. The van der Waals surface area contributed by atoms with Gasteiger partial charge >= 0.3 is 0 Å². The molecule has 0 radical (unpaired) electrons. The third-order valence-electron chi connectivity index (χ3n) is 3.60. The highest BCUT2D eigenvalue weighted by Gasteiger charge is 2.31. The molecule has 0 aromatic carbocycles. The summed E-state index contributed by atoms with van der Waals surface area (Å²) in [5.74, 6) is 0. The van der Waals surface area contributed by atoms with Crippen molar-refractivity contribution in [3.8, 4) is 0 Å². The highest BCUT2D eigenvalue weighted by molar-refractivity contribution is 5.96. The molecular weight excluding hydrogens is 286 g/mol. The summed E-state index contributed by atoms with van der Waals surface area (Å²) in [6, 6.07) is 0. The van der Waals surface area contributed by atoms with Crippen LogP contribution in [0.1, 0.15) is 51.9 Å². The van der Waals surface area contributed by atoms with Gasteiger partial charge in [0, 0.05) is 0 Å². The van der Waals surface area contributed by atoms with Crippen LogP contribution >= 0.6 is 0 Å². The lowest BCUT2D eigenvalue weighted by Crippen LogP contribution is -2.48. The third kappa shape index (κ3) is 8.60. The molecule has 0 rings (SSSR count). The minimum atomic E-state index is -1.71. The summed E-state index contributed by atoms with van der Waals surface area (Å²) < 4.78 is 0. The second-order valence-corrected chi connectivity index (χ2v) is 5.59. The third-order valence-corrected chi connectivity index (χ3v) is 3.60. The molecule has 0 aromatic heterocycles. The normalized spacial score (nSPS) is 17.4. The molecule has 0 aromatic rings. The van der Waals surface area contributed by atoms with Crippen molar-refractivity contribution in [2.24, 2.45) is 0 Å². The topological polar surface area (TPSA) is 125 Å². The smallest absolute Gasteiger partial charge is 0.124 e. The fraction of sp³-hybridized carbons (Fsp3) is 0.812. The Hall–Kier alpha value is -0.790. The van der Waals surface area contributed by atoms with Gasteiger partial charge in [-0.25, -0.2) is 0 Å². The van der Waals surface area contributed by atoms with E-state index in [1.165, 1.54) is 31.8 Å². The van der Waals surface area contributed by atoms with Crippen molar-refractivity contribution in [2.75, 3.05) is 6.61 Å². The average Bonchev–Trinajstić information content (AvgIpc) is 2.54. The van der Waals surface area contributed by atoms with E-state index in [9.17, 15) is 20.4 Å². The minimum Gasteiger partial charge on any atom is -0.394 e. The van der Waals surface area contributed by atoms with Gasteiger partial charge in [-0.05, 0) is 18.9 Å². The lowest BCUT2D eigenvalue weighted by atomic mass is 9.99. The van der Waals surface area contributed by atoms with Gasteiger partial charge in [0.2, 0.25) is 0 Å². The van der Waals surface area contributed by atoms with Crippen LogP contribution in [0.4, 0.5) is 0 Å². The summed E-state index contributed by atoms with van der Waals surface area (Å²) in [5.41, 5.74) is -0.234. The van der Waals surface area contributed by atoms with Gasteiger partial charge in [0.15, 0.2) is 0 Å². The van der Waals surface area contributed by atoms with Crippen molar-refractivity contribution in [2.45, 2.75) is 76.3 Å². The average molecular weight is 317 g/mol. The number of hydrogen-bond acceptors (Lipinski definition) is 6. The van der Waals surface area contributed by atoms with Crippen LogP contribution in [0.25, 0.3) is 0 Å². The van der Waals surface area contributed by atoms with E-state index in [0.717, 1.165) is 19.3 Å². The van der Waals surface area contributed by atoms with E-state index in [-0.39, 0.29) is 5.71 Å². The largest absolute Gasteiger partial charge is 0.394 e. The van der Waals surface area contributed by atoms with E-state index in [4.69, 9.17) is 10.5 Å². The number of nitrogens with one attached hydrogen (secondary N) is 1. The van der Waals surface area contributed by atoms with Gasteiger partial charge in [0.25, 0.3) is 0 Å². The maximum atomic E-state index is 9.72. The Morgan fingerprint density at radius 1 is 0.955 bits per heavy atom. The molecule has 0 aliphatic rings. The first-order valence-electron chi connectivity index (χ1n) is 8.03. The molecule has 0 unspecified atom stereocenters. The highest BCUT2D eigenvalue weighted by atomic mass is 16.4. The fourth-order valence-corrected chi connectivity index (χ4v) is 2.06. The van der Waals surface area contributed by atoms with Gasteiger partial charge in [-0.2, -0.15) is 0 Å². The Bertz CT molecular complexity index is 322. The molecule has 0 aliphatic heterocycles. The number of unbranched alkanes of at least 4 members (excludes halogenated alkanes) is 6. The second-order valence-electron chi connectivity index (χ2n) is 5.59. The van der Waals surface area contributed by atoms with Crippen LogP contribution in [0, 0.1) is 5.41 Å². The Balaban J connectivity index is 4.01. The van der Waals surface area contributed by atoms with Crippen LogP contribution in [0.5, 0.6) is 0 Å². The van der Waals surface area contributed by atoms with Crippen molar-refractivity contribution in [3.63, 3.8) is 0 Å². The second kappa shape index (κ2) is 12.7. The van der Waals surface area contributed by atoms with Crippen LogP contribution in [0.2, 0.25) is 0 Å². The van der Waals surface area contributed by atoms with Crippen molar-refractivity contribution >= 4 is 5.71 Å². The maximum Gasteiger partial charge on any atom is 0.124 e. The first-order chi connectivity index (χ1) is 10.5. The van der Waals surface area contributed by atoms with Gasteiger partial charge in [-0.1, -0.05) is 45.1 Å². The quantitative estimate of drug-likeness (QED) is 0.221. The lowest BCUT2D eigenvalue weighted by Gasteiger charge is -2.25. The molecular formula is C16H31NO5. The lowest BCUT2D eigenvalue weighted by molar-refractivity contribution is -0.101. The maximum absolute atomic E-state index is 9.72. The van der Waals surface area contributed by atoms with Gasteiger partial charge in [-0.3, -0.25) is 0 Å². The summed E-state index contributed by atoms with van der Waals surface area (Å²) in [6.07, 6.45) is 4.44. The zero-order valence-electron chi connectivity index (χ0n) is 13.4. The molecule has 130 valence electrons. The standard InChI is InChI=1S/C16H31NO5/c1-2-3-4-5-6-7-8-9-10-12(17)14(20)16(22)15(21)13(19)11-18/h9-10,13-22H,2-8,11H2,1H3/t13-,14+,15-,16-/m1/s1. The van der Waals surface area contributed by atoms with E-state index in [1.54, 1.807) is 6.08 Å². The molecule has 6 heteroatoms. The van der Waals surface area contributed by atoms with E-state index >= 15 is 0 Å². The van der Waals surface area contributed by atoms with Gasteiger partial charge < -0.3 is 30.9 Å². The van der Waals surface area contributed by atoms with Gasteiger partial charge in [0.05, 0.1) is 12.3 Å². The summed E-state index contributed by atoms with van der Waals surface area (Å²) in [7, 11) is 0. The molecule has 0 fully saturated rings. The van der Waals surface area contributed by atoms with Crippen LogP contribution in [0.3, 0.4) is 0 Å². The highest BCUT2D eigenvalue weighted by Crippen LogP contribution is 2.09. The molecule has 0 heterocycles. The first-order valence-corrected chi connectivity index (χ1v) is 8.03. The molecule has 0 saturated carbocycles. The van der Waals surface area contributed by atoms with Gasteiger partial charge in [0.1, 0.15) is 24.4 Å². The van der Waals surface area contributed by atoms with Crippen molar-refractivity contribution in [1.29, 1.82) is 5.41 Å². The van der Waals surface area contributed by atoms with E-state index in [2.05, 4.69) is 6.92 Å². The molecule has 4 atom stereocenters. The molecule has 0 amide bonds. The Morgan fingerprint density at radius 2 is 1.55 bits per heavy atom. The van der Waals surface area contributed by atoms with Gasteiger partial charge in [-0.15, -0.1) is 0 Å². The molecule has 22 heavy (non-hydrogen) atoms. The molecule has 0 spiro atoms. The fourth-order valence-electron chi connectivity index (χ4n) is 2.06. The monoisotopic (exact) mass is 317 g/mol. The summed E-state index contributed by atoms with van der Waals surface area (Å²) >= 11 is 0. The predicted molar refractivity (Wildman–Crippen MR) is 86.0 cm³/mol. The van der Waals surface area contributed by atoms with Crippen LogP contribution in [-0.2, 0) is 0 Å². The Morgan fingerprint density at radius 3 is 2.14 bits per heavy atom. The summed E-state index contributed by atoms with van der Waals surface area (Å²) in [4.78, 5) is 0. The van der Waals surface area contributed by atoms with Crippen molar-refractivity contribution in [1.82, 2.24) is 0 Å². The van der Waals surface area contributed by atoms with Crippen LogP contribution < -0.4 is 0 Å². The Labute approximate surface area is 132 Å². The van der Waals surface area contributed by atoms with Crippen LogP contribution in [-0.4, -0.2) is 62.3 Å². The molecule has 0 bridgehead atoms. The van der Waals surface area contributed by atoms with E-state index in [0.29, 0.717) is 0 Å². The number of aliphatic hydroxyl groups is 5. The summed E-state index contributed by atoms with van der Waals surface area (Å²) in [5, 5.41) is 54.4. The molecule has 6 nitrogen and oxygen atoms in total. The van der Waals surface area contributed by atoms with E-state index < -0.39 is 31.0 Å². The number of aliphatic hydroxyl groups excluding tert-OH is 5. The predicted octanol–water partition coefficient (Wildman–Crippen LogP) is 0.749. The van der Waals surface area contributed by atoms with Crippen molar-refractivity contribution < 1.29 is 25.5 Å². The summed E-state index contributed by atoms with van der Waals surface area (Å²) in [6.45, 7) is 1.44. The van der Waals surface area contributed by atoms with Crippen molar-refractivity contribution in [3.05, 3.63) is 12.2 Å². The molecule has 6 N–H and O–H groups in total. The zero-order valence-corrected chi connectivity index (χ0v) is 13.4. The zero-order chi connectivity index (χ0) is 17.0. The SMILES string of the molecule is CCCCCCCCC=CC(=N)[C@H](O)[C@@H](O)[C@H](O)[C@H](O)CO. The Kier molecular flexibility index (Phi) is 12.3. The van der Waals surface area contributed by atoms with Crippen LogP contribution in [0.15, 0.2) is 12.2 Å². The number of allylic oxidation sites excluding steroid dienone is 1. The first kappa shape index (κ1) is 21.2. The number of hydrogen-bond donors (Lipinski definition) is 6. The minimum absolute atomic E-state index is 0.234. The molecule has 0 aliphatic carbocycles. The van der Waals surface area contributed by atoms with E-state index in [1.807, 2.05) is 0 Å². The number of rotatable bonds is 13.